The molecular weight excluding hydrogens is 276 g/mol. The molecule has 0 fully saturated rings. The molecule has 0 unspecified atom stereocenters. The molecule has 17 heavy (non-hydrogen) atoms. The summed E-state index contributed by atoms with van der Waals surface area (Å²) in [5.41, 5.74) is 6.08. The first-order valence-electron chi connectivity index (χ1n) is 4.69. The monoisotopic (exact) mass is 284 g/mol. The highest BCUT2D eigenvalue weighted by atomic mass is 35.5. The van der Waals surface area contributed by atoms with Gasteiger partial charge in [0.1, 0.15) is 10.8 Å². The molecule has 1 aromatic heterocycles. The SMILES string of the molecule is Cc1nnc(Sc2cccc(Cl)c2C(=N)N)s1. The Kier molecular flexibility index (Phi) is 3.66. The first kappa shape index (κ1) is 12.3. The molecule has 88 valence electrons. The highest BCUT2D eigenvalue weighted by molar-refractivity contribution is 8.01. The van der Waals surface area contributed by atoms with Crippen LogP contribution in [0.25, 0.3) is 0 Å². The summed E-state index contributed by atoms with van der Waals surface area (Å²) in [6.07, 6.45) is 0. The zero-order chi connectivity index (χ0) is 12.4. The molecule has 0 aliphatic rings. The van der Waals surface area contributed by atoms with Crippen LogP contribution in [-0.2, 0) is 0 Å². The van der Waals surface area contributed by atoms with Crippen LogP contribution in [0.4, 0.5) is 0 Å². The van der Waals surface area contributed by atoms with Crippen LogP contribution in [0.3, 0.4) is 0 Å². The molecule has 0 aliphatic heterocycles. The Morgan fingerprint density at radius 3 is 2.82 bits per heavy atom. The number of aromatic nitrogens is 2. The Balaban J connectivity index is 2.39. The molecule has 3 N–H and O–H groups in total. The fourth-order valence-electron chi connectivity index (χ4n) is 1.26. The lowest BCUT2D eigenvalue weighted by Gasteiger charge is -2.07. The average Bonchev–Trinajstić information content (AvgIpc) is 2.63. The summed E-state index contributed by atoms with van der Waals surface area (Å²) in [5, 5.41) is 16.9. The van der Waals surface area contributed by atoms with Gasteiger partial charge in [0.05, 0.1) is 5.02 Å². The lowest BCUT2D eigenvalue weighted by Crippen LogP contribution is -2.12. The minimum Gasteiger partial charge on any atom is -0.384 e. The predicted molar refractivity (Wildman–Crippen MR) is 71.2 cm³/mol. The van der Waals surface area contributed by atoms with Crippen LogP contribution in [0.15, 0.2) is 27.4 Å². The normalized spacial score (nSPS) is 10.5. The van der Waals surface area contributed by atoms with Crippen molar-refractivity contribution in [3.05, 3.63) is 33.8 Å². The quantitative estimate of drug-likeness (QED) is 0.671. The minimum absolute atomic E-state index is 0.0423. The first-order valence-corrected chi connectivity index (χ1v) is 6.70. The highest BCUT2D eigenvalue weighted by Gasteiger charge is 2.12. The van der Waals surface area contributed by atoms with E-state index in [0.717, 1.165) is 14.2 Å². The van der Waals surface area contributed by atoms with Gasteiger partial charge in [0.2, 0.25) is 0 Å². The van der Waals surface area contributed by atoms with Crippen LogP contribution in [-0.4, -0.2) is 16.0 Å². The molecular formula is C10H9ClN4S2. The maximum absolute atomic E-state index is 7.54. The molecule has 2 aromatic rings. The molecule has 7 heteroatoms. The van der Waals surface area contributed by atoms with Gasteiger partial charge in [0.15, 0.2) is 4.34 Å². The van der Waals surface area contributed by atoms with Crippen molar-refractivity contribution in [3.8, 4) is 0 Å². The van der Waals surface area contributed by atoms with Gasteiger partial charge in [-0.1, -0.05) is 40.8 Å². The third kappa shape index (κ3) is 2.77. The molecule has 0 saturated carbocycles. The maximum atomic E-state index is 7.54. The summed E-state index contributed by atoms with van der Waals surface area (Å²) in [6.45, 7) is 1.89. The zero-order valence-electron chi connectivity index (χ0n) is 8.90. The largest absolute Gasteiger partial charge is 0.384 e. The van der Waals surface area contributed by atoms with Gasteiger partial charge in [-0.15, -0.1) is 10.2 Å². The second-order valence-electron chi connectivity index (χ2n) is 3.22. The summed E-state index contributed by atoms with van der Waals surface area (Å²) >= 11 is 8.94. The smallest absolute Gasteiger partial charge is 0.179 e. The topological polar surface area (TPSA) is 75.7 Å². The summed E-state index contributed by atoms with van der Waals surface area (Å²) in [4.78, 5) is 0.821. The van der Waals surface area contributed by atoms with Gasteiger partial charge in [-0.05, 0) is 19.1 Å². The highest BCUT2D eigenvalue weighted by Crippen LogP contribution is 2.34. The van der Waals surface area contributed by atoms with Crippen molar-refractivity contribution in [1.29, 1.82) is 5.41 Å². The number of rotatable bonds is 3. The molecule has 1 aromatic carbocycles. The van der Waals surface area contributed by atoms with Gasteiger partial charge in [0, 0.05) is 10.5 Å². The van der Waals surface area contributed by atoms with Crippen molar-refractivity contribution < 1.29 is 0 Å². The number of nitrogens with two attached hydrogens (primary N) is 1. The number of nitrogens with one attached hydrogen (secondary N) is 1. The van der Waals surface area contributed by atoms with Crippen LogP contribution >= 0.6 is 34.7 Å². The Labute approximate surface area is 112 Å². The van der Waals surface area contributed by atoms with Gasteiger partial charge in [-0.3, -0.25) is 5.41 Å². The van der Waals surface area contributed by atoms with E-state index in [2.05, 4.69) is 10.2 Å². The van der Waals surface area contributed by atoms with Gasteiger partial charge < -0.3 is 5.73 Å². The standard InChI is InChI=1S/C10H9ClN4S2/c1-5-14-15-10(16-5)17-7-4-2-3-6(11)8(7)9(12)13/h2-4H,1H3,(H3,12,13). The molecule has 0 atom stereocenters. The third-order valence-electron chi connectivity index (χ3n) is 1.95. The second-order valence-corrected chi connectivity index (χ2v) is 6.09. The average molecular weight is 285 g/mol. The zero-order valence-corrected chi connectivity index (χ0v) is 11.3. The number of amidine groups is 1. The molecule has 0 aliphatic carbocycles. The number of hydrogen-bond donors (Lipinski definition) is 2. The fourth-order valence-corrected chi connectivity index (χ4v) is 3.55. The van der Waals surface area contributed by atoms with Crippen molar-refractivity contribution in [3.63, 3.8) is 0 Å². The van der Waals surface area contributed by atoms with E-state index < -0.39 is 0 Å². The van der Waals surface area contributed by atoms with Crippen molar-refractivity contribution >= 4 is 40.5 Å². The van der Waals surface area contributed by atoms with Gasteiger partial charge in [-0.2, -0.15) is 0 Å². The molecule has 1 heterocycles. The van der Waals surface area contributed by atoms with Crippen LogP contribution in [0.5, 0.6) is 0 Å². The number of aryl methyl sites for hydroxylation is 1. The van der Waals surface area contributed by atoms with Crippen LogP contribution in [0, 0.1) is 12.3 Å². The van der Waals surface area contributed by atoms with E-state index in [0.29, 0.717) is 10.6 Å². The Hall–Kier alpha value is -1.11. The van der Waals surface area contributed by atoms with E-state index >= 15 is 0 Å². The number of hydrogen-bond acceptors (Lipinski definition) is 5. The van der Waals surface area contributed by atoms with Crippen molar-refractivity contribution in [1.82, 2.24) is 10.2 Å². The summed E-state index contributed by atoms with van der Waals surface area (Å²) < 4.78 is 0.812. The molecule has 2 rings (SSSR count). The molecule has 0 bridgehead atoms. The van der Waals surface area contributed by atoms with Crippen molar-refractivity contribution in [2.45, 2.75) is 16.2 Å². The molecule has 0 radical (unpaired) electrons. The molecule has 0 amide bonds. The van der Waals surface area contributed by atoms with E-state index in [1.807, 2.05) is 19.1 Å². The van der Waals surface area contributed by atoms with Crippen LogP contribution in [0.1, 0.15) is 10.6 Å². The van der Waals surface area contributed by atoms with E-state index in [-0.39, 0.29) is 5.84 Å². The van der Waals surface area contributed by atoms with Crippen molar-refractivity contribution in [2.75, 3.05) is 0 Å². The predicted octanol–water partition coefficient (Wildman–Crippen LogP) is 2.94. The number of nitrogens with zero attached hydrogens (tertiary/aromatic N) is 2. The molecule has 0 saturated heterocycles. The second kappa shape index (κ2) is 5.03. The van der Waals surface area contributed by atoms with Gasteiger partial charge >= 0.3 is 0 Å². The fraction of sp³-hybridized carbons (Fsp3) is 0.100. The van der Waals surface area contributed by atoms with Gasteiger partial charge in [0.25, 0.3) is 0 Å². The number of nitrogen functional groups attached to an aromatic ring is 1. The van der Waals surface area contributed by atoms with E-state index in [1.165, 1.54) is 23.1 Å². The third-order valence-corrected chi connectivity index (χ3v) is 4.21. The van der Waals surface area contributed by atoms with E-state index in [4.69, 9.17) is 22.7 Å². The molecule has 0 spiro atoms. The Morgan fingerprint density at radius 1 is 1.47 bits per heavy atom. The lowest BCUT2D eigenvalue weighted by molar-refractivity contribution is 0.983. The Morgan fingerprint density at radius 2 is 2.24 bits per heavy atom. The maximum Gasteiger partial charge on any atom is 0.179 e. The van der Waals surface area contributed by atoms with Crippen LogP contribution in [0.2, 0.25) is 5.02 Å². The molecule has 4 nitrogen and oxygen atoms in total. The number of halogens is 1. The van der Waals surface area contributed by atoms with E-state index in [1.54, 1.807) is 6.07 Å². The number of benzene rings is 1. The summed E-state index contributed by atoms with van der Waals surface area (Å²) in [6, 6.07) is 5.41. The minimum atomic E-state index is -0.0423. The lowest BCUT2D eigenvalue weighted by atomic mass is 10.2. The van der Waals surface area contributed by atoms with Gasteiger partial charge in [-0.25, -0.2) is 0 Å². The Bertz CT molecular complexity index is 567. The summed E-state index contributed by atoms with van der Waals surface area (Å²) in [7, 11) is 0. The van der Waals surface area contributed by atoms with Crippen LogP contribution < -0.4 is 5.73 Å². The summed E-state index contributed by atoms with van der Waals surface area (Å²) in [5.74, 6) is -0.0423. The first-order chi connectivity index (χ1) is 8.08. The van der Waals surface area contributed by atoms with E-state index in [9.17, 15) is 0 Å². The van der Waals surface area contributed by atoms with Crippen molar-refractivity contribution in [2.24, 2.45) is 5.73 Å².